The number of likely N-dealkylation sites (tertiary alicyclic amines) is 1. The van der Waals surface area contributed by atoms with E-state index in [1.54, 1.807) is 4.90 Å². The van der Waals surface area contributed by atoms with Crippen molar-refractivity contribution >= 4 is 17.4 Å². The van der Waals surface area contributed by atoms with Gasteiger partial charge in [0, 0.05) is 11.9 Å². The van der Waals surface area contributed by atoms with Gasteiger partial charge in [0.1, 0.15) is 0 Å². The van der Waals surface area contributed by atoms with Gasteiger partial charge < -0.3 is 10.6 Å². The second-order valence-corrected chi connectivity index (χ2v) is 3.66. The molecule has 1 saturated heterocycles. The first-order chi connectivity index (χ1) is 6.27. The average Bonchev–Trinajstić information content (AvgIpc) is 2.71. The van der Waals surface area contributed by atoms with Crippen LogP contribution in [0.3, 0.4) is 0 Å². The summed E-state index contributed by atoms with van der Waals surface area (Å²) < 4.78 is 3.73. The maximum Gasteiger partial charge on any atom is 0.239 e. The lowest BCUT2D eigenvalue weighted by Gasteiger charge is -2.13. The van der Waals surface area contributed by atoms with Crippen molar-refractivity contribution in [2.75, 3.05) is 6.54 Å². The minimum atomic E-state index is -0.313. The Labute approximate surface area is 79.7 Å². The van der Waals surface area contributed by atoms with Crippen molar-refractivity contribution in [2.45, 2.75) is 19.0 Å². The molecule has 0 aliphatic carbocycles. The summed E-state index contributed by atoms with van der Waals surface area (Å²) in [5, 5.41) is 5.72. The molecule has 1 aliphatic rings. The summed E-state index contributed by atoms with van der Waals surface area (Å²) >= 11 is 1.29. The third-order valence-electron chi connectivity index (χ3n) is 2.10. The van der Waals surface area contributed by atoms with Gasteiger partial charge in [-0.1, -0.05) is 4.49 Å². The fraction of sp³-hybridized carbons (Fsp3) is 0.571. The molecular weight excluding hydrogens is 188 g/mol. The molecule has 2 rings (SSSR count). The highest BCUT2D eigenvalue weighted by molar-refractivity contribution is 7.03. The Morgan fingerprint density at radius 3 is 3.15 bits per heavy atom. The zero-order chi connectivity index (χ0) is 9.26. The Kier molecular flexibility index (Phi) is 2.24. The number of aromatic nitrogens is 2. The summed E-state index contributed by atoms with van der Waals surface area (Å²) in [4.78, 5) is 13.1. The Morgan fingerprint density at radius 1 is 1.77 bits per heavy atom. The lowest BCUT2D eigenvalue weighted by molar-refractivity contribution is -0.129. The average molecular weight is 198 g/mol. The van der Waals surface area contributed by atoms with Gasteiger partial charge in [0.2, 0.25) is 5.91 Å². The zero-order valence-electron chi connectivity index (χ0n) is 7.01. The van der Waals surface area contributed by atoms with Crippen molar-refractivity contribution in [1.29, 1.82) is 0 Å². The first-order valence-electron chi connectivity index (χ1n) is 4.07. The second-order valence-electron chi connectivity index (χ2n) is 3.05. The van der Waals surface area contributed by atoms with E-state index in [1.165, 1.54) is 11.5 Å². The van der Waals surface area contributed by atoms with Crippen molar-refractivity contribution in [3.63, 3.8) is 0 Å². The van der Waals surface area contributed by atoms with E-state index in [4.69, 9.17) is 5.73 Å². The largest absolute Gasteiger partial charge is 0.335 e. The van der Waals surface area contributed by atoms with Crippen molar-refractivity contribution < 1.29 is 4.79 Å². The monoisotopic (exact) mass is 198 g/mol. The van der Waals surface area contributed by atoms with Gasteiger partial charge in [0.25, 0.3) is 0 Å². The fourth-order valence-electron chi connectivity index (χ4n) is 1.37. The van der Waals surface area contributed by atoms with Gasteiger partial charge in [0.05, 0.1) is 18.3 Å². The van der Waals surface area contributed by atoms with Gasteiger partial charge in [-0.3, -0.25) is 4.79 Å². The first-order valence-corrected chi connectivity index (χ1v) is 4.91. The number of rotatable bonds is 2. The van der Waals surface area contributed by atoms with Crippen LogP contribution in [-0.2, 0) is 11.3 Å². The molecule has 1 aromatic heterocycles. The van der Waals surface area contributed by atoms with Crippen LogP contribution in [0.1, 0.15) is 12.1 Å². The number of carbonyl (C=O) groups excluding carboxylic acids is 1. The Hall–Kier alpha value is -1.01. The fourth-order valence-corrected chi connectivity index (χ4v) is 1.81. The molecule has 6 heteroatoms. The molecule has 0 radical (unpaired) electrons. The molecule has 1 aliphatic heterocycles. The minimum Gasteiger partial charge on any atom is -0.335 e. The first kappa shape index (κ1) is 8.58. The number of hydrogen-bond acceptors (Lipinski definition) is 5. The summed E-state index contributed by atoms with van der Waals surface area (Å²) in [6.45, 7) is 1.28. The van der Waals surface area contributed by atoms with E-state index in [9.17, 15) is 4.79 Å². The number of amides is 1. The molecule has 1 aromatic rings. The second kappa shape index (κ2) is 3.39. The summed E-state index contributed by atoms with van der Waals surface area (Å²) in [6, 6.07) is -0.313. The van der Waals surface area contributed by atoms with Crippen LogP contribution in [0.4, 0.5) is 0 Å². The molecule has 0 aromatic carbocycles. The van der Waals surface area contributed by atoms with Gasteiger partial charge in [-0.25, -0.2) is 0 Å². The third kappa shape index (κ3) is 1.68. The molecular formula is C7H10N4OS. The maximum absolute atomic E-state index is 11.4. The number of hydrogen-bond donors (Lipinski definition) is 1. The number of nitrogens with two attached hydrogens (primary N) is 1. The predicted octanol–water partition coefficient (Wildman–Crippen LogP) is -0.402. The van der Waals surface area contributed by atoms with Crippen molar-refractivity contribution in [3.05, 3.63) is 11.1 Å². The number of nitrogens with zero attached hydrogens (tertiary/aromatic N) is 3. The summed E-state index contributed by atoms with van der Waals surface area (Å²) in [7, 11) is 0. The highest BCUT2D eigenvalue weighted by atomic mass is 32.1. The summed E-state index contributed by atoms with van der Waals surface area (Å²) in [5.41, 5.74) is 6.41. The quantitative estimate of drug-likeness (QED) is 0.701. The highest BCUT2D eigenvalue weighted by Gasteiger charge is 2.28. The van der Waals surface area contributed by atoms with Crippen LogP contribution in [0.5, 0.6) is 0 Å². The van der Waals surface area contributed by atoms with Gasteiger partial charge in [0.15, 0.2) is 0 Å². The van der Waals surface area contributed by atoms with Gasteiger partial charge in [-0.15, -0.1) is 5.10 Å². The molecule has 70 valence electrons. The van der Waals surface area contributed by atoms with Crippen LogP contribution in [-0.4, -0.2) is 33.0 Å². The van der Waals surface area contributed by atoms with E-state index in [1.807, 2.05) is 5.38 Å². The van der Waals surface area contributed by atoms with E-state index in [0.29, 0.717) is 6.54 Å². The molecule has 5 nitrogen and oxygen atoms in total. The lowest BCUT2D eigenvalue weighted by Crippen LogP contribution is -2.33. The zero-order valence-corrected chi connectivity index (χ0v) is 7.83. The van der Waals surface area contributed by atoms with E-state index >= 15 is 0 Å². The minimum absolute atomic E-state index is 0.0213. The van der Waals surface area contributed by atoms with E-state index in [-0.39, 0.29) is 11.9 Å². The molecule has 2 heterocycles. The van der Waals surface area contributed by atoms with Gasteiger partial charge in [-0.05, 0) is 18.0 Å². The Balaban J connectivity index is 2.00. The standard InChI is InChI=1S/C7H10N4OS/c8-6-1-2-11(7(6)12)3-5-4-13-10-9-5/h4,6H,1-3,8H2. The number of carbonyl (C=O) groups is 1. The molecule has 2 N–H and O–H groups in total. The molecule has 1 unspecified atom stereocenters. The summed E-state index contributed by atoms with van der Waals surface area (Å²) in [5.74, 6) is 0.0213. The smallest absolute Gasteiger partial charge is 0.239 e. The third-order valence-corrected chi connectivity index (χ3v) is 2.65. The SMILES string of the molecule is NC1CCN(Cc2csnn2)C1=O. The predicted molar refractivity (Wildman–Crippen MR) is 47.9 cm³/mol. The molecule has 1 atom stereocenters. The van der Waals surface area contributed by atoms with E-state index in [0.717, 1.165) is 18.7 Å². The van der Waals surface area contributed by atoms with Crippen molar-refractivity contribution in [3.8, 4) is 0 Å². The molecule has 0 saturated carbocycles. The van der Waals surface area contributed by atoms with E-state index < -0.39 is 0 Å². The molecule has 1 fully saturated rings. The molecule has 0 bridgehead atoms. The lowest BCUT2D eigenvalue weighted by atomic mass is 10.3. The Bertz CT molecular complexity index is 299. The topological polar surface area (TPSA) is 72.1 Å². The van der Waals surface area contributed by atoms with Crippen molar-refractivity contribution in [2.24, 2.45) is 5.73 Å². The van der Waals surface area contributed by atoms with Crippen LogP contribution in [0, 0.1) is 0 Å². The normalized spacial score (nSPS) is 22.7. The van der Waals surface area contributed by atoms with E-state index in [2.05, 4.69) is 9.59 Å². The molecule has 0 spiro atoms. The Morgan fingerprint density at radius 2 is 2.62 bits per heavy atom. The molecule has 1 amide bonds. The van der Waals surface area contributed by atoms with Crippen LogP contribution in [0.25, 0.3) is 0 Å². The van der Waals surface area contributed by atoms with Crippen molar-refractivity contribution in [1.82, 2.24) is 14.5 Å². The van der Waals surface area contributed by atoms with Crippen LogP contribution in [0.2, 0.25) is 0 Å². The van der Waals surface area contributed by atoms with Gasteiger partial charge >= 0.3 is 0 Å². The summed E-state index contributed by atoms with van der Waals surface area (Å²) in [6.07, 6.45) is 0.746. The van der Waals surface area contributed by atoms with Gasteiger partial charge in [-0.2, -0.15) is 0 Å². The highest BCUT2D eigenvalue weighted by Crippen LogP contribution is 2.12. The molecule has 13 heavy (non-hydrogen) atoms. The maximum atomic E-state index is 11.4. The van der Waals surface area contributed by atoms with Crippen LogP contribution < -0.4 is 5.73 Å². The van der Waals surface area contributed by atoms with Crippen LogP contribution >= 0.6 is 11.5 Å². The van der Waals surface area contributed by atoms with Crippen LogP contribution in [0.15, 0.2) is 5.38 Å².